The molecule has 2 aromatic carbocycles. The van der Waals surface area contributed by atoms with Crippen molar-refractivity contribution in [1.29, 1.82) is 0 Å². The Balaban J connectivity index is 2.32. The number of rotatable bonds is 4. The number of hydrogen-bond acceptors (Lipinski definition) is 4. The van der Waals surface area contributed by atoms with Crippen LogP contribution < -0.4 is 10.2 Å². The Labute approximate surface area is 126 Å². The van der Waals surface area contributed by atoms with E-state index >= 15 is 0 Å². The highest BCUT2D eigenvalue weighted by atomic mass is 19.2. The number of nitrogens with one attached hydrogen (secondary N) is 1. The standard InChI is InChI=1S/C14H9F5N2O2/c1-23-7-4-2-3-6(14(7)22)5-20-21-13-11(18)9(16)8(15)10(17)12(13)19/h2-5,21-22H,1H3. The number of benzene rings is 2. The average molecular weight is 332 g/mol. The molecule has 0 aliphatic heterocycles. The second kappa shape index (κ2) is 6.51. The Morgan fingerprint density at radius 3 is 2.13 bits per heavy atom. The highest BCUT2D eigenvalue weighted by Crippen LogP contribution is 2.29. The van der Waals surface area contributed by atoms with Gasteiger partial charge < -0.3 is 9.84 Å². The van der Waals surface area contributed by atoms with E-state index in [4.69, 9.17) is 4.74 Å². The number of phenolic OH excluding ortho intramolecular Hbond substituents is 1. The molecule has 0 aromatic heterocycles. The maximum absolute atomic E-state index is 13.4. The molecule has 0 saturated carbocycles. The molecule has 0 radical (unpaired) electrons. The first-order valence-electron chi connectivity index (χ1n) is 6.05. The smallest absolute Gasteiger partial charge is 0.200 e. The molecule has 122 valence electrons. The Morgan fingerprint density at radius 1 is 1.00 bits per heavy atom. The summed E-state index contributed by atoms with van der Waals surface area (Å²) in [5, 5.41) is 13.1. The van der Waals surface area contributed by atoms with Gasteiger partial charge in [0, 0.05) is 5.56 Å². The molecule has 0 heterocycles. The van der Waals surface area contributed by atoms with Crippen molar-refractivity contribution in [2.24, 2.45) is 5.10 Å². The molecule has 0 aliphatic carbocycles. The number of halogens is 5. The third-order valence-electron chi connectivity index (χ3n) is 2.84. The quantitative estimate of drug-likeness (QED) is 0.296. The van der Waals surface area contributed by atoms with Gasteiger partial charge in [-0.05, 0) is 12.1 Å². The summed E-state index contributed by atoms with van der Waals surface area (Å²) in [6.07, 6.45) is 0.926. The van der Waals surface area contributed by atoms with Crippen LogP contribution in [0.25, 0.3) is 0 Å². The summed E-state index contributed by atoms with van der Waals surface area (Å²) in [5.74, 6) is -10.7. The number of phenols is 1. The van der Waals surface area contributed by atoms with Gasteiger partial charge in [-0.15, -0.1) is 0 Å². The van der Waals surface area contributed by atoms with E-state index < -0.39 is 34.8 Å². The molecule has 0 spiro atoms. The van der Waals surface area contributed by atoms with Crippen LogP contribution in [0.4, 0.5) is 27.6 Å². The summed E-state index contributed by atoms with van der Waals surface area (Å²) in [5.41, 5.74) is 0.517. The van der Waals surface area contributed by atoms with Gasteiger partial charge in [0.25, 0.3) is 0 Å². The molecule has 2 rings (SSSR count). The summed E-state index contributed by atoms with van der Waals surface area (Å²) in [7, 11) is 1.31. The second-order valence-electron chi connectivity index (χ2n) is 4.21. The predicted molar refractivity (Wildman–Crippen MR) is 72.1 cm³/mol. The van der Waals surface area contributed by atoms with Crippen molar-refractivity contribution in [2.75, 3.05) is 12.5 Å². The molecule has 0 saturated heterocycles. The fourth-order valence-electron chi connectivity index (χ4n) is 1.68. The number of nitrogens with zero attached hydrogens (tertiary/aromatic N) is 1. The number of methoxy groups -OCH3 is 1. The van der Waals surface area contributed by atoms with E-state index in [0.717, 1.165) is 6.21 Å². The van der Waals surface area contributed by atoms with Crippen molar-refractivity contribution in [2.45, 2.75) is 0 Å². The van der Waals surface area contributed by atoms with Gasteiger partial charge in [0.1, 0.15) is 5.69 Å². The lowest BCUT2D eigenvalue weighted by Gasteiger charge is -2.07. The summed E-state index contributed by atoms with van der Waals surface area (Å²) < 4.78 is 70.5. The topological polar surface area (TPSA) is 53.8 Å². The molecular formula is C14H9F5N2O2. The van der Waals surface area contributed by atoms with Gasteiger partial charge in [0.2, 0.25) is 5.82 Å². The molecule has 0 bridgehead atoms. The largest absolute Gasteiger partial charge is 0.504 e. The van der Waals surface area contributed by atoms with Crippen LogP contribution in [0, 0.1) is 29.1 Å². The van der Waals surface area contributed by atoms with Crippen LogP contribution >= 0.6 is 0 Å². The molecule has 9 heteroatoms. The van der Waals surface area contributed by atoms with Crippen LogP contribution in [-0.2, 0) is 0 Å². The zero-order valence-corrected chi connectivity index (χ0v) is 11.5. The van der Waals surface area contributed by atoms with Gasteiger partial charge in [0.15, 0.2) is 34.8 Å². The number of anilines is 1. The van der Waals surface area contributed by atoms with Crippen molar-refractivity contribution < 1.29 is 31.8 Å². The maximum atomic E-state index is 13.4. The maximum Gasteiger partial charge on any atom is 0.200 e. The molecule has 0 atom stereocenters. The summed E-state index contributed by atoms with van der Waals surface area (Å²) in [6, 6.07) is 4.34. The lowest BCUT2D eigenvalue weighted by atomic mass is 10.2. The van der Waals surface area contributed by atoms with Crippen LogP contribution in [0.2, 0.25) is 0 Å². The van der Waals surface area contributed by atoms with E-state index in [0.29, 0.717) is 0 Å². The zero-order valence-electron chi connectivity index (χ0n) is 11.5. The molecule has 0 unspecified atom stereocenters. The molecule has 4 nitrogen and oxygen atoms in total. The minimum atomic E-state index is -2.26. The van der Waals surface area contributed by atoms with Gasteiger partial charge in [-0.2, -0.15) is 5.10 Å². The van der Waals surface area contributed by atoms with Gasteiger partial charge in [-0.3, -0.25) is 5.43 Å². The second-order valence-corrected chi connectivity index (χ2v) is 4.21. The first-order valence-corrected chi connectivity index (χ1v) is 6.05. The number of hydrazone groups is 1. The van der Waals surface area contributed by atoms with Gasteiger partial charge >= 0.3 is 0 Å². The Hall–Kier alpha value is -2.84. The molecule has 2 N–H and O–H groups in total. The minimum Gasteiger partial charge on any atom is -0.504 e. The monoisotopic (exact) mass is 332 g/mol. The first-order chi connectivity index (χ1) is 10.9. The predicted octanol–water partition coefficient (Wildman–Crippen LogP) is 3.54. The molecule has 23 heavy (non-hydrogen) atoms. The van der Waals surface area contributed by atoms with Gasteiger partial charge in [0.05, 0.1) is 13.3 Å². The third kappa shape index (κ3) is 3.03. The van der Waals surface area contributed by atoms with Crippen molar-refractivity contribution in [3.8, 4) is 11.5 Å². The van der Waals surface area contributed by atoms with Crippen LogP contribution in [0.1, 0.15) is 5.56 Å². The summed E-state index contributed by atoms with van der Waals surface area (Å²) in [4.78, 5) is 0. The normalized spacial score (nSPS) is 11.0. The highest BCUT2D eigenvalue weighted by Gasteiger charge is 2.25. The SMILES string of the molecule is COc1cccc(C=NNc2c(F)c(F)c(F)c(F)c2F)c1O. The lowest BCUT2D eigenvalue weighted by Crippen LogP contribution is -2.06. The summed E-state index contributed by atoms with van der Waals surface area (Å²) >= 11 is 0. The Bertz CT molecular complexity index is 751. The fourth-order valence-corrected chi connectivity index (χ4v) is 1.68. The first kappa shape index (κ1) is 16.5. The van der Waals surface area contributed by atoms with E-state index in [1.165, 1.54) is 25.3 Å². The van der Waals surface area contributed by atoms with E-state index in [-0.39, 0.29) is 17.1 Å². The minimum absolute atomic E-state index is 0.0979. The third-order valence-corrected chi connectivity index (χ3v) is 2.84. The van der Waals surface area contributed by atoms with E-state index in [2.05, 4.69) is 5.10 Å². The molecular weight excluding hydrogens is 323 g/mol. The molecule has 0 amide bonds. The number of hydrogen-bond donors (Lipinski definition) is 2. The van der Waals surface area contributed by atoms with Crippen LogP contribution in [0.3, 0.4) is 0 Å². The van der Waals surface area contributed by atoms with Gasteiger partial charge in [-0.1, -0.05) is 6.07 Å². The van der Waals surface area contributed by atoms with Crippen molar-refractivity contribution in [1.82, 2.24) is 0 Å². The number of para-hydroxylation sites is 1. The van der Waals surface area contributed by atoms with Crippen LogP contribution in [0.5, 0.6) is 11.5 Å². The number of aromatic hydroxyl groups is 1. The van der Waals surface area contributed by atoms with Crippen LogP contribution in [-0.4, -0.2) is 18.4 Å². The molecule has 2 aromatic rings. The van der Waals surface area contributed by atoms with Crippen molar-refractivity contribution >= 4 is 11.9 Å². The average Bonchev–Trinajstić information content (AvgIpc) is 2.55. The fraction of sp³-hybridized carbons (Fsp3) is 0.0714. The molecule has 0 aliphatic rings. The van der Waals surface area contributed by atoms with Gasteiger partial charge in [-0.25, -0.2) is 22.0 Å². The van der Waals surface area contributed by atoms with Crippen molar-refractivity contribution in [3.05, 3.63) is 52.8 Å². The summed E-state index contributed by atoms with van der Waals surface area (Å²) in [6.45, 7) is 0. The van der Waals surface area contributed by atoms with Crippen molar-refractivity contribution in [3.63, 3.8) is 0 Å². The lowest BCUT2D eigenvalue weighted by molar-refractivity contribution is 0.373. The van der Waals surface area contributed by atoms with E-state index in [1.54, 1.807) is 5.43 Å². The zero-order chi connectivity index (χ0) is 17.1. The Kier molecular flexibility index (Phi) is 4.68. The Morgan fingerprint density at radius 2 is 1.57 bits per heavy atom. The van der Waals surface area contributed by atoms with Crippen LogP contribution in [0.15, 0.2) is 23.3 Å². The van der Waals surface area contributed by atoms with E-state index in [1.807, 2.05) is 0 Å². The highest BCUT2D eigenvalue weighted by molar-refractivity contribution is 5.85. The van der Waals surface area contributed by atoms with E-state index in [9.17, 15) is 27.1 Å². The molecule has 0 fully saturated rings. The number of ether oxygens (including phenoxy) is 1.